The first-order chi connectivity index (χ1) is 10.2. The Morgan fingerprint density at radius 1 is 1.24 bits per heavy atom. The van der Waals surface area contributed by atoms with E-state index >= 15 is 0 Å². The summed E-state index contributed by atoms with van der Waals surface area (Å²) in [6.07, 6.45) is 6.14. The number of piperidine rings is 1. The molecule has 0 amide bonds. The van der Waals surface area contributed by atoms with Crippen molar-refractivity contribution in [1.82, 2.24) is 4.90 Å². The van der Waals surface area contributed by atoms with E-state index < -0.39 is 0 Å². The Hall–Kier alpha value is -0.930. The van der Waals surface area contributed by atoms with Gasteiger partial charge in [-0.25, -0.2) is 4.39 Å². The molecule has 1 heterocycles. The van der Waals surface area contributed by atoms with Crippen molar-refractivity contribution in [1.29, 1.82) is 0 Å². The Morgan fingerprint density at radius 3 is 2.57 bits per heavy atom. The number of nitrogens with two attached hydrogens (primary N) is 1. The van der Waals surface area contributed by atoms with Gasteiger partial charge < -0.3 is 5.73 Å². The van der Waals surface area contributed by atoms with Gasteiger partial charge in [0.1, 0.15) is 5.82 Å². The first-order valence-corrected chi connectivity index (χ1v) is 8.39. The molecule has 0 spiro atoms. The lowest BCUT2D eigenvalue weighted by Gasteiger charge is -2.41. The number of likely N-dealkylation sites (tertiary alicyclic amines) is 1. The van der Waals surface area contributed by atoms with E-state index in [1.807, 2.05) is 12.1 Å². The standard InChI is InChI=1S/C18H27FN2/c1-2-18(15-5-6-15)21-11-14(10-17(20)12-21)9-13-3-7-16(19)8-4-13/h3-4,7-8,14-15,17-18H,2,5-6,9-12,20H2,1H3. The van der Waals surface area contributed by atoms with Gasteiger partial charge in [-0.3, -0.25) is 4.90 Å². The average Bonchev–Trinajstić information content (AvgIpc) is 3.26. The topological polar surface area (TPSA) is 29.3 Å². The molecule has 1 aliphatic heterocycles. The quantitative estimate of drug-likeness (QED) is 0.902. The van der Waals surface area contributed by atoms with Crippen molar-refractivity contribution in [3.05, 3.63) is 35.6 Å². The van der Waals surface area contributed by atoms with E-state index in [2.05, 4.69) is 11.8 Å². The van der Waals surface area contributed by atoms with Crippen LogP contribution in [-0.4, -0.2) is 30.1 Å². The summed E-state index contributed by atoms with van der Waals surface area (Å²) < 4.78 is 13.0. The molecule has 3 atom stereocenters. The van der Waals surface area contributed by atoms with Gasteiger partial charge in [0.05, 0.1) is 0 Å². The molecule has 3 heteroatoms. The summed E-state index contributed by atoms with van der Waals surface area (Å²) in [5, 5.41) is 0. The summed E-state index contributed by atoms with van der Waals surface area (Å²) in [5.74, 6) is 1.36. The van der Waals surface area contributed by atoms with Crippen LogP contribution in [0.15, 0.2) is 24.3 Å². The van der Waals surface area contributed by atoms with Crippen LogP contribution in [0.4, 0.5) is 4.39 Å². The van der Waals surface area contributed by atoms with Crippen LogP contribution in [-0.2, 0) is 6.42 Å². The Labute approximate surface area is 127 Å². The predicted molar refractivity (Wildman–Crippen MR) is 84.6 cm³/mol. The van der Waals surface area contributed by atoms with Gasteiger partial charge in [-0.2, -0.15) is 0 Å². The van der Waals surface area contributed by atoms with Crippen molar-refractivity contribution < 1.29 is 4.39 Å². The summed E-state index contributed by atoms with van der Waals surface area (Å²) in [7, 11) is 0. The zero-order chi connectivity index (χ0) is 14.8. The SMILES string of the molecule is CCC(C1CC1)N1CC(N)CC(Cc2ccc(F)cc2)C1. The maximum atomic E-state index is 13.0. The average molecular weight is 290 g/mol. The van der Waals surface area contributed by atoms with Gasteiger partial charge in [-0.15, -0.1) is 0 Å². The van der Waals surface area contributed by atoms with Gasteiger partial charge in [0.15, 0.2) is 0 Å². The second-order valence-electron chi connectivity index (χ2n) is 6.96. The predicted octanol–water partition coefficient (Wildman–Crippen LogP) is 3.21. The van der Waals surface area contributed by atoms with Crippen LogP contribution in [0.25, 0.3) is 0 Å². The van der Waals surface area contributed by atoms with Crippen molar-refractivity contribution in [3.8, 4) is 0 Å². The highest BCUT2D eigenvalue weighted by Gasteiger charge is 2.37. The molecular formula is C18H27FN2. The summed E-state index contributed by atoms with van der Waals surface area (Å²) in [6.45, 7) is 4.51. The molecule has 1 saturated carbocycles. The third-order valence-electron chi connectivity index (χ3n) is 5.09. The molecule has 2 N–H and O–H groups in total. The van der Waals surface area contributed by atoms with Crippen LogP contribution in [0, 0.1) is 17.7 Å². The molecule has 1 aliphatic carbocycles. The van der Waals surface area contributed by atoms with E-state index in [0.717, 1.165) is 37.9 Å². The lowest BCUT2D eigenvalue weighted by Crippen LogP contribution is -2.52. The number of halogens is 1. The number of hydrogen-bond donors (Lipinski definition) is 1. The van der Waals surface area contributed by atoms with Crippen LogP contribution in [0.2, 0.25) is 0 Å². The van der Waals surface area contributed by atoms with Crippen molar-refractivity contribution in [2.75, 3.05) is 13.1 Å². The normalized spacial score (nSPS) is 28.5. The first kappa shape index (κ1) is 15.0. The third-order valence-corrected chi connectivity index (χ3v) is 5.09. The van der Waals surface area contributed by atoms with E-state index in [4.69, 9.17) is 5.73 Å². The van der Waals surface area contributed by atoms with Crippen LogP contribution in [0.5, 0.6) is 0 Å². The molecule has 2 nitrogen and oxygen atoms in total. The van der Waals surface area contributed by atoms with Crippen LogP contribution < -0.4 is 5.73 Å². The smallest absolute Gasteiger partial charge is 0.123 e. The maximum Gasteiger partial charge on any atom is 0.123 e. The fourth-order valence-corrected chi connectivity index (χ4v) is 4.03. The Balaban J connectivity index is 1.63. The van der Waals surface area contributed by atoms with Gasteiger partial charge in [-0.1, -0.05) is 19.1 Å². The van der Waals surface area contributed by atoms with Gasteiger partial charge in [0.2, 0.25) is 0 Å². The van der Waals surface area contributed by atoms with Crippen molar-refractivity contribution >= 4 is 0 Å². The Kier molecular flexibility index (Phi) is 4.60. The molecule has 2 aliphatic rings. The number of rotatable bonds is 5. The van der Waals surface area contributed by atoms with Gasteiger partial charge in [-0.05, 0) is 61.6 Å². The fourth-order valence-electron chi connectivity index (χ4n) is 4.03. The molecule has 0 radical (unpaired) electrons. The largest absolute Gasteiger partial charge is 0.327 e. The molecule has 2 fully saturated rings. The van der Waals surface area contributed by atoms with E-state index in [1.165, 1.54) is 24.8 Å². The molecule has 116 valence electrons. The Bertz CT molecular complexity index is 455. The van der Waals surface area contributed by atoms with Crippen molar-refractivity contribution in [2.45, 2.75) is 51.1 Å². The number of nitrogens with zero attached hydrogens (tertiary/aromatic N) is 1. The van der Waals surface area contributed by atoms with Crippen molar-refractivity contribution in [2.24, 2.45) is 17.6 Å². The lowest BCUT2D eigenvalue weighted by atomic mass is 9.87. The minimum atomic E-state index is -0.152. The van der Waals surface area contributed by atoms with E-state index in [-0.39, 0.29) is 11.9 Å². The second kappa shape index (κ2) is 6.45. The zero-order valence-corrected chi connectivity index (χ0v) is 13.0. The van der Waals surface area contributed by atoms with Crippen LogP contribution >= 0.6 is 0 Å². The molecule has 3 rings (SSSR count). The molecule has 0 bridgehead atoms. The molecule has 21 heavy (non-hydrogen) atoms. The molecule has 1 saturated heterocycles. The van der Waals surface area contributed by atoms with E-state index in [0.29, 0.717) is 5.92 Å². The third kappa shape index (κ3) is 3.83. The number of benzene rings is 1. The second-order valence-corrected chi connectivity index (χ2v) is 6.96. The monoisotopic (exact) mass is 290 g/mol. The summed E-state index contributed by atoms with van der Waals surface area (Å²) >= 11 is 0. The molecule has 1 aromatic carbocycles. The molecule has 0 aromatic heterocycles. The van der Waals surface area contributed by atoms with E-state index in [1.54, 1.807) is 12.1 Å². The van der Waals surface area contributed by atoms with Gasteiger partial charge in [0.25, 0.3) is 0 Å². The highest BCUT2D eigenvalue weighted by molar-refractivity contribution is 5.17. The van der Waals surface area contributed by atoms with E-state index in [9.17, 15) is 4.39 Å². The van der Waals surface area contributed by atoms with Gasteiger partial charge in [0, 0.05) is 25.2 Å². The first-order valence-electron chi connectivity index (χ1n) is 8.39. The number of hydrogen-bond acceptors (Lipinski definition) is 2. The highest BCUT2D eigenvalue weighted by Crippen LogP contribution is 2.38. The summed E-state index contributed by atoms with van der Waals surface area (Å²) in [6, 6.07) is 7.98. The van der Waals surface area contributed by atoms with Crippen molar-refractivity contribution in [3.63, 3.8) is 0 Å². The minimum absolute atomic E-state index is 0.152. The summed E-state index contributed by atoms with van der Waals surface area (Å²) in [4.78, 5) is 2.64. The molecule has 1 aromatic rings. The zero-order valence-electron chi connectivity index (χ0n) is 13.0. The maximum absolute atomic E-state index is 13.0. The lowest BCUT2D eigenvalue weighted by molar-refractivity contribution is 0.0942. The van der Waals surface area contributed by atoms with Gasteiger partial charge >= 0.3 is 0 Å². The molecular weight excluding hydrogens is 263 g/mol. The Morgan fingerprint density at radius 2 is 1.95 bits per heavy atom. The highest BCUT2D eigenvalue weighted by atomic mass is 19.1. The minimum Gasteiger partial charge on any atom is -0.327 e. The van der Waals surface area contributed by atoms with Crippen LogP contribution in [0.1, 0.15) is 38.2 Å². The summed E-state index contributed by atoms with van der Waals surface area (Å²) in [5.41, 5.74) is 7.54. The van der Waals surface area contributed by atoms with Crippen LogP contribution in [0.3, 0.4) is 0 Å². The molecule has 3 unspecified atom stereocenters. The fraction of sp³-hybridized carbons (Fsp3) is 0.667.